The summed E-state index contributed by atoms with van der Waals surface area (Å²) in [7, 11) is -2.71. The number of methoxy groups -OCH3 is 1. The number of benzene rings is 2. The van der Waals surface area contributed by atoms with Gasteiger partial charge in [0.25, 0.3) is 5.91 Å². The average Bonchev–Trinajstić information content (AvgIpc) is 3.53. The fraction of sp³-hybridized carbons (Fsp3) is 0.286. The predicted octanol–water partition coefficient (Wildman–Crippen LogP) is 2.72. The number of hydrogen-bond acceptors (Lipinski definition) is 6. The van der Waals surface area contributed by atoms with Crippen molar-refractivity contribution in [1.29, 1.82) is 0 Å². The molecule has 1 aliphatic carbocycles. The van der Waals surface area contributed by atoms with E-state index >= 15 is 0 Å². The highest BCUT2D eigenvalue weighted by Gasteiger charge is 2.51. The molecule has 2 aromatic carbocycles. The van der Waals surface area contributed by atoms with E-state index in [9.17, 15) is 22.8 Å². The predicted molar refractivity (Wildman–Crippen MR) is 115 cm³/mol. The monoisotopic (exact) mass is 506 g/mol. The Balaban J connectivity index is 1.65. The molecule has 0 spiro atoms. The third-order valence-electron chi connectivity index (χ3n) is 5.27. The normalized spacial score (nSPS) is 19.2. The number of carbonyl (C=O) groups excluding carboxylic acids is 3. The summed E-state index contributed by atoms with van der Waals surface area (Å²) in [4.78, 5) is 38.6. The van der Waals surface area contributed by atoms with Crippen LogP contribution in [0, 0.1) is 0 Å². The fourth-order valence-corrected chi connectivity index (χ4v) is 5.72. The first-order valence-electron chi connectivity index (χ1n) is 9.58. The molecular weight excluding hydrogens is 488 g/mol. The third kappa shape index (κ3) is 4.02. The Bertz CT molecular complexity index is 1140. The number of esters is 1. The first-order chi connectivity index (χ1) is 14.7. The Morgan fingerprint density at radius 2 is 1.68 bits per heavy atom. The summed E-state index contributed by atoms with van der Waals surface area (Å²) in [6.45, 7) is 0. The molecule has 2 aliphatic rings. The second-order valence-corrected chi connectivity index (χ2v) is 10.1. The number of imide groups is 1. The van der Waals surface area contributed by atoms with E-state index < -0.39 is 33.8 Å². The standard InChI is InChI=1S/C21H19BrN2O6S/c1-30-21(27)13-2-6-15(7-3-13)23-19(25)12-18(20(23)26)24(16-8-9-16)31(28,29)17-10-4-14(22)5-11-17/h2-7,10-11,16,18H,8-9,12H2,1H3. The molecular formula is C21H19BrN2O6S. The van der Waals surface area contributed by atoms with Gasteiger partial charge in [-0.05, 0) is 61.4 Å². The second kappa shape index (κ2) is 8.18. The number of rotatable bonds is 6. The number of sulfonamides is 1. The maximum atomic E-state index is 13.3. The molecule has 0 bridgehead atoms. The maximum Gasteiger partial charge on any atom is 0.337 e. The van der Waals surface area contributed by atoms with Crippen LogP contribution in [0.3, 0.4) is 0 Å². The molecule has 1 atom stereocenters. The van der Waals surface area contributed by atoms with E-state index in [1.165, 1.54) is 47.8 Å². The molecule has 1 aliphatic heterocycles. The van der Waals surface area contributed by atoms with E-state index in [0.29, 0.717) is 12.8 Å². The van der Waals surface area contributed by atoms with Gasteiger partial charge >= 0.3 is 5.97 Å². The van der Waals surface area contributed by atoms with Crippen molar-refractivity contribution < 1.29 is 27.5 Å². The molecule has 2 fully saturated rings. The summed E-state index contributed by atoms with van der Waals surface area (Å²) in [5.74, 6) is -1.62. The molecule has 1 unspecified atom stereocenters. The minimum Gasteiger partial charge on any atom is -0.465 e. The van der Waals surface area contributed by atoms with Crippen molar-refractivity contribution in [2.24, 2.45) is 0 Å². The molecule has 1 saturated carbocycles. The van der Waals surface area contributed by atoms with Crippen LogP contribution >= 0.6 is 15.9 Å². The van der Waals surface area contributed by atoms with E-state index in [-0.39, 0.29) is 28.6 Å². The van der Waals surface area contributed by atoms with Gasteiger partial charge in [-0.3, -0.25) is 9.59 Å². The lowest BCUT2D eigenvalue weighted by Crippen LogP contribution is -2.46. The van der Waals surface area contributed by atoms with Crippen LogP contribution in [0.2, 0.25) is 0 Å². The molecule has 8 nitrogen and oxygen atoms in total. The third-order valence-corrected chi connectivity index (χ3v) is 7.78. The van der Waals surface area contributed by atoms with Crippen LogP contribution in [0.15, 0.2) is 57.9 Å². The lowest BCUT2D eigenvalue weighted by atomic mass is 10.2. The zero-order valence-electron chi connectivity index (χ0n) is 16.5. The van der Waals surface area contributed by atoms with Crippen LogP contribution in [-0.2, 0) is 24.3 Å². The summed E-state index contributed by atoms with van der Waals surface area (Å²) in [6, 6.07) is 10.6. The lowest BCUT2D eigenvalue weighted by molar-refractivity contribution is -0.122. The molecule has 2 amide bonds. The zero-order valence-corrected chi connectivity index (χ0v) is 18.9. The molecule has 0 N–H and O–H groups in total. The molecule has 31 heavy (non-hydrogen) atoms. The number of carbonyl (C=O) groups is 3. The summed E-state index contributed by atoms with van der Waals surface area (Å²) in [6.07, 6.45) is 1.05. The highest BCUT2D eigenvalue weighted by molar-refractivity contribution is 9.10. The number of nitrogens with zero attached hydrogens (tertiary/aromatic N) is 2. The van der Waals surface area contributed by atoms with Gasteiger partial charge in [0.15, 0.2) is 0 Å². The van der Waals surface area contributed by atoms with Crippen LogP contribution in [0.5, 0.6) is 0 Å². The largest absolute Gasteiger partial charge is 0.465 e. The molecule has 4 rings (SSSR count). The van der Waals surface area contributed by atoms with Gasteiger partial charge in [0.1, 0.15) is 6.04 Å². The maximum absolute atomic E-state index is 13.3. The Labute approximate surface area is 188 Å². The highest BCUT2D eigenvalue weighted by Crippen LogP contribution is 2.38. The first kappa shape index (κ1) is 21.7. The van der Waals surface area contributed by atoms with Gasteiger partial charge in [-0.25, -0.2) is 18.1 Å². The van der Waals surface area contributed by atoms with E-state index in [4.69, 9.17) is 0 Å². The Morgan fingerprint density at radius 3 is 2.23 bits per heavy atom. The van der Waals surface area contributed by atoms with Crippen LogP contribution < -0.4 is 4.90 Å². The molecule has 1 saturated heterocycles. The van der Waals surface area contributed by atoms with Gasteiger partial charge in [-0.1, -0.05) is 15.9 Å². The van der Waals surface area contributed by atoms with Crippen LogP contribution in [0.25, 0.3) is 0 Å². The Kier molecular flexibility index (Phi) is 5.71. The van der Waals surface area contributed by atoms with Crippen molar-refractivity contribution in [2.45, 2.75) is 36.2 Å². The highest BCUT2D eigenvalue weighted by atomic mass is 79.9. The smallest absolute Gasteiger partial charge is 0.337 e. The number of hydrogen-bond donors (Lipinski definition) is 0. The van der Waals surface area contributed by atoms with Gasteiger partial charge in [-0.15, -0.1) is 0 Å². The van der Waals surface area contributed by atoms with Crippen LogP contribution in [0.4, 0.5) is 5.69 Å². The summed E-state index contributed by atoms with van der Waals surface area (Å²) in [5.41, 5.74) is 0.557. The van der Waals surface area contributed by atoms with Crippen molar-refractivity contribution in [3.63, 3.8) is 0 Å². The van der Waals surface area contributed by atoms with Crippen molar-refractivity contribution in [3.8, 4) is 0 Å². The quantitative estimate of drug-likeness (QED) is 0.441. The van der Waals surface area contributed by atoms with Gasteiger partial charge in [-0.2, -0.15) is 4.31 Å². The van der Waals surface area contributed by atoms with Crippen molar-refractivity contribution in [2.75, 3.05) is 12.0 Å². The van der Waals surface area contributed by atoms with Gasteiger partial charge in [0.2, 0.25) is 15.9 Å². The molecule has 10 heteroatoms. The zero-order chi connectivity index (χ0) is 22.3. The van der Waals surface area contributed by atoms with Crippen molar-refractivity contribution in [1.82, 2.24) is 4.31 Å². The summed E-state index contributed by atoms with van der Waals surface area (Å²) >= 11 is 3.28. The second-order valence-electron chi connectivity index (χ2n) is 7.35. The summed E-state index contributed by atoms with van der Waals surface area (Å²) < 4.78 is 33.3. The average molecular weight is 507 g/mol. The van der Waals surface area contributed by atoms with E-state index in [0.717, 1.165) is 9.37 Å². The molecule has 0 aromatic heterocycles. The fourth-order valence-electron chi connectivity index (χ4n) is 3.63. The van der Waals surface area contributed by atoms with E-state index in [1.807, 2.05) is 0 Å². The van der Waals surface area contributed by atoms with Crippen LogP contribution in [0.1, 0.15) is 29.6 Å². The topological polar surface area (TPSA) is 101 Å². The van der Waals surface area contributed by atoms with Crippen LogP contribution in [-0.4, -0.2) is 49.7 Å². The Hall–Kier alpha value is -2.56. The molecule has 1 heterocycles. The minimum absolute atomic E-state index is 0.0729. The Morgan fingerprint density at radius 1 is 1.06 bits per heavy atom. The number of ether oxygens (including phenoxy) is 1. The van der Waals surface area contributed by atoms with E-state index in [2.05, 4.69) is 20.7 Å². The SMILES string of the molecule is COC(=O)c1ccc(N2C(=O)CC(N(C3CC3)S(=O)(=O)c3ccc(Br)cc3)C2=O)cc1. The van der Waals surface area contributed by atoms with Gasteiger partial charge < -0.3 is 4.74 Å². The van der Waals surface area contributed by atoms with Gasteiger partial charge in [0.05, 0.1) is 29.7 Å². The van der Waals surface area contributed by atoms with Gasteiger partial charge in [0, 0.05) is 10.5 Å². The number of halogens is 1. The minimum atomic E-state index is -3.97. The molecule has 162 valence electrons. The molecule has 2 aromatic rings. The number of amides is 2. The van der Waals surface area contributed by atoms with E-state index in [1.54, 1.807) is 12.1 Å². The number of anilines is 1. The van der Waals surface area contributed by atoms with Crippen molar-refractivity contribution >= 4 is 49.4 Å². The van der Waals surface area contributed by atoms with Crippen molar-refractivity contribution in [3.05, 3.63) is 58.6 Å². The molecule has 0 radical (unpaired) electrons. The lowest BCUT2D eigenvalue weighted by Gasteiger charge is -2.26. The summed E-state index contributed by atoms with van der Waals surface area (Å²) in [5, 5.41) is 0. The first-order valence-corrected chi connectivity index (χ1v) is 11.8.